The third-order valence-electron chi connectivity index (χ3n) is 3.68. The minimum atomic E-state index is -3.16. The molecule has 0 radical (unpaired) electrons. The Morgan fingerprint density at radius 1 is 1.29 bits per heavy atom. The van der Waals surface area contributed by atoms with E-state index in [1.54, 1.807) is 23.9 Å². The average Bonchev–Trinajstić information content (AvgIpc) is 3.16. The molecule has 4 nitrogen and oxygen atoms in total. The standard InChI is InChI=1S/C15H20O4S2/c1-2-9-21(18,19)13-5-3-12(4-6-13)20-11-15(7-8-15)10-14(16)17/h3-6H,2,7-11H2,1H3,(H,16,17). The van der Waals surface area contributed by atoms with E-state index in [4.69, 9.17) is 5.11 Å². The summed E-state index contributed by atoms with van der Waals surface area (Å²) in [5.74, 6) is 0.204. The van der Waals surface area contributed by atoms with Crippen molar-refractivity contribution in [3.63, 3.8) is 0 Å². The molecule has 0 unspecified atom stereocenters. The highest BCUT2D eigenvalue weighted by Gasteiger charge is 2.44. The van der Waals surface area contributed by atoms with Crippen LogP contribution in [0.25, 0.3) is 0 Å². The summed E-state index contributed by atoms with van der Waals surface area (Å²) in [5, 5.41) is 8.89. The Balaban J connectivity index is 1.96. The van der Waals surface area contributed by atoms with Gasteiger partial charge in [0.15, 0.2) is 9.84 Å². The predicted molar refractivity (Wildman–Crippen MR) is 83.4 cm³/mol. The van der Waals surface area contributed by atoms with Crippen LogP contribution in [-0.2, 0) is 14.6 Å². The Kier molecular flexibility index (Phi) is 4.99. The van der Waals surface area contributed by atoms with Gasteiger partial charge in [-0.1, -0.05) is 6.92 Å². The van der Waals surface area contributed by atoms with Gasteiger partial charge in [0, 0.05) is 10.6 Å². The van der Waals surface area contributed by atoms with Gasteiger partial charge in [0.2, 0.25) is 0 Å². The van der Waals surface area contributed by atoms with E-state index in [2.05, 4.69) is 0 Å². The second-order valence-corrected chi connectivity index (χ2v) is 8.81. The van der Waals surface area contributed by atoms with Crippen molar-refractivity contribution in [2.45, 2.75) is 42.4 Å². The summed E-state index contributed by atoms with van der Waals surface area (Å²) in [4.78, 5) is 12.2. The fraction of sp³-hybridized carbons (Fsp3) is 0.533. The van der Waals surface area contributed by atoms with Gasteiger partial charge >= 0.3 is 5.97 Å². The van der Waals surface area contributed by atoms with Crippen molar-refractivity contribution in [3.8, 4) is 0 Å². The first-order valence-corrected chi connectivity index (χ1v) is 9.68. The fourth-order valence-electron chi connectivity index (χ4n) is 2.24. The summed E-state index contributed by atoms with van der Waals surface area (Å²) in [6.07, 6.45) is 2.77. The first kappa shape index (κ1) is 16.4. The van der Waals surface area contributed by atoms with Crippen LogP contribution in [0, 0.1) is 5.41 Å². The van der Waals surface area contributed by atoms with Crippen LogP contribution >= 0.6 is 11.8 Å². The van der Waals surface area contributed by atoms with E-state index in [1.165, 1.54) is 0 Å². The zero-order valence-electron chi connectivity index (χ0n) is 12.0. The molecule has 116 valence electrons. The summed E-state index contributed by atoms with van der Waals surface area (Å²) < 4.78 is 23.8. The van der Waals surface area contributed by atoms with Crippen molar-refractivity contribution in [1.82, 2.24) is 0 Å². The van der Waals surface area contributed by atoms with Crippen LogP contribution in [0.1, 0.15) is 32.6 Å². The average molecular weight is 328 g/mol. The van der Waals surface area contributed by atoms with E-state index >= 15 is 0 Å². The molecule has 0 heterocycles. The van der Waals surface area contributed by atoms with Crippen LogP contribution in [-0.4, -0.2) is 31.0 Å². The molecule has 2 rings (SSSR count). The van der Waals surface area contributed by atoms with Crippen molar-refractivity contribution in [1.29, 1.82) is 0 Å². The van der Waals surface area contributed by atoms with Crippen LogP contribution in [0.5, 0.6) is 0 Å². The van der Waals surface area contributed by atoms with Gasteiger partial charge in [-0.3, -0.25) is 4.79 Å². The largest absolute Gasteiger partial charge is 0.481 e. The number of aliphatic carboxylic acids is 1. The van der Waals surface area contributed by atoms with Gasteiger partial charge in [-0.2, -0.15) is 0 Å². The molecule has 0 aromatic heterocycles. The Labute approximate surface area is 129 Å². The number of hydrogen-bond donors (Lipinski definition) is 1. The molecule has 0 saturated heterocycles. The molecule has 6 heteroatoms. The molecule has 0 aliphatic heterocycles. The minimum Gasteiger partial charge on any atom is -0.481 e. The van der Waals surface area contributed by atoms with Crippen LogP contribution in [0.4, 0.5) is 0 Å². The van der Waals surface area contributed by atoms with E-state index in [1.807, 2.05) is 19.1 Å². The summed E-state index contributed by atoms with van der Waals surface area (Å²) in [7, 11) is -3.16. The monoisotopic (exact) mass is 328 g/mol. The highest BCUT2D eigenvalue weighted by Crippen LogP contribution is 2.51. The molecule has 1 aliphatic rings. The molecular formula is C15H20O4S2. The van der Waals surface area contributed by atoms with Crippen molar-refractivity contribution in [2.24, 2.45) is 5.41 Å². The summed E-state index contributed by atoms with van der Waals surface area (Å²) in [6.45, 7) is 1.85. The van der Waals surface area contributed by atoms with E-state index in [-0.39, 0.29) is 17.6 Å². The molecule has 0 atom stereocenters. The maximum atomic E-state index is 11.9. The highest BCUT2D eigenvalue weighted by atomic mass is 32.2. The summed E-state index contributed by atoms with van der Waals surface area (Å²) >= 11 is 1.61. The third kappa shape index (κ3) is 4.48. The Morgan fingerprint density at radius 2 is 1.90 bits per heavy atom. The van der Waals surface area contributed by atoms with Crippen molar-refractivity contribution >= 4 is 27.6 Å². The van der Waals surface area contributed by atoms with Gasteiger partial charge in [-0.15, -0.1) is 11.8 Å². The molecule has 1 N–H and O–H groups in total. The smallest absolute Gasteiger partial charge is 0.303 e. The predicted octanol–water partition coefficient (Wildman–Crippen LogP) is 3.22. The highest BCUT2D eigenvalue weighted by molar-refractivity contribution is 7.99. The van der Waals surface area contributed by atoms with Gasteiger partial charge in [0.1, 0.15) is 0 Å². The Hall–Kier alpha value is -1.01. The van der Waals surface area contributed by atoms with E-state index in [9.17, 15) is 13.2 Å². The van der Waals surface area contributed by atoms with Gasteiger partial charge in [0.05, 0.1) is 17.1 Å². The van der Waals surface area contributed by atoms with Gasteiger partial charge in [0.25, 0.3) is 0 Å². The maximum absolute atomic E-state index is 11.9. The Morgan fingerprint density at radius 3 is 2.38 bits per heavy atom. The minimum absolute atomic E-state index is 0.0521. The van der Waals surface area contributed by atoms with Crippen LogP contribution in [0.2, 0.25) is 0 Å². The number of hydrogen-bond acceptors (Lipinski definition) is 4. The molecule has 1 fully saturated rings. The van der Waals surface area contributed by atoms with Crippen LogP contribution < -0.4 is 0 Å². The van der Waals surface area contributed by atoms with Gasteiger partial charge in [-0.25, -0.2) is 8.42 Å². The lowest BCUT2D eigenvalue weighted by Crippen LogP contribution is -2.11. The first-order chi connectivity index (χ1) is 9.87. The van der Waals surface area contributed by atoms with E-state index < -0.39 is 15.8 Å². The lowest BCUT2D eigenvalue weighted by Gasteiger charge is -2.12. The van der Waals surface area contributed by atoms with E-state index in [0.29, 0.717) is 11.3 Å². The SMILES string of the molecule is CCCS(=O)(=O)c1ccc(SCC2(CC(=O)O)CC2)cc1. The molecule has 21 heavy (non-hydrogen) atoms. The molecule has 0 bridgehead atoms. The lowest BCUT2D eigenvalue weighted by molar-refractivity contribution is -0.138. The molecule has 1 aliphatic carbocycles. The number of benzene rings is 1. The Bertz CT molecular complexity index is 601. The van der Waals surface area contributed by atoms with Crippen LogP contribution in [0.15, 0.2) is 34.1 Å². The normalized spacial score (nSPS) is 16.6. The van der Waals surface area contributed by atoms with Crippen molar-refractivity contribution < 1.29 is 18.3 Å². The lowest BCUT2D eigenvalue weighted by atomic mass is 10.1. The maximum Gasteiger partial charge on any atom is 0.303 e. The number of carboxylic acids is 1. The first-order valence-electron chi connectivity index (χ1n) is 7.04. The van der Waals surface area contributed by atoms with Gasteiger partial charge in [-0.05, 0) is 48.9 Å². The zero-order valence-corrected chi connectivity index (χ0v) is 13.7. The number of thioether (sulfide) groups is 1. The van der Waals surface area contributed by atoms with Crippen LogP contribution in [0.3, 0.4) is 0 Å². The topological polar surface area (TPSA) is 71.4 Å². The quantitative estimate of drug-likeness (QED) is 0.742. The third-order valence-corrected chi connectivity index (χ3v) is 6.98. The summed E-state index contributed by atoms with van der Waals surface area (Å²) in [6, 6.07) is 6.91. The molecule has 1 saturated carbocycles. The number of sulfone groups is 1. The molecule has 0 amide bonds. The number of carbonyl (C=O) groups is 1. The summed E-state index contributed by atoms with van der Waals surface area (Å²) in [5.41, 5.74) is -0.0521. The molecule has 1 aromatic rings. The molecule has 0 spiro atoms. The second-order valence-electron chi connectivity index (χ2n) is 5.65. The van der Waals surface area contributed by atoms with Crippen molar-refractivity contribution in [2.75, 3.05) is 11.5 Å². The van der Waals surface area contributed by atoms with Crippen molar-refractivity contribution in [3.05, 3.63) is 24.3 Å². The molecular weight excluding hydrogens is 308 g/mol. The number of carboxylic acid groups (broad SMARTS) is 1. The van der Waals surface area contributed by atoms with E-state index in [0.717, 1.165) is 23.5 Å². The second kappa shape index (κ2) is 6.40. The van der Waals surface area contributed by atoms with Gasteiger partial charge < -0.3 is 5.11 Å². The fourth-order valence-corrected chi connectivity index (χ4v) is 4.75. The zero-order chi connectivity index (χ0) is 15.5. The number of rotatable bonds is 8. The molecule has 1 aromatic carbocycles.